The van der Waals surface area contributed by atoms with E-state index in [2.05, 4.69) is 20.2 Å². The van der Waals surface area contributed by atoms with Gasteiger partial charge in [0, 0.05) is 18.8 Å². The number of hydrogen-bond acceptors (Lipinski definition) is 5. The summed E-state index contributed by atoms with van der Waals surface area (Å²) in [5, 5.41) is 0. The van der Waals surface area contributed by atoms with Crippen molar-refractivity contribution in [1.82, 2.24) is 4.31 Å². The van der Waals surface area contributed by atoms with E-state index < -0.39 is 0 Å². The van der Waals surface area contributed by atoms with Crippen LogP contribution in [0.3, 0.4) is 0 Å². The molecule has 0 bridgehead atoms. The lowest BCUT2D eigenvalue weighted by atomic mass is 10.1. The van der Waals surface area contributed by atoms with E-state index in [0.29, 0.717) is 11.3 Å². The highest BCUT2D eigenvalue weighted by Gasteiger charge is 2.21. The maximum absolute atomic E-state index is 12.0. The minimum atomic E-state index is -0.361. The van der Waals surface area contributed by atoms with E-state index in [1.807, 2.05) is 12.1 Å². The van der Waals surface area contributed by atoms with Crippen molar-refractivity contribution >= 4 is 33.8 Å². The molecule has 0 unspecified atom stereocenters. The van der Waals surface area contributed by atoms with Crippen LogP contribution >= 0.6 is 27.9 Å². The Bertz CT molecular complexity index is 490. The van der Waals surface area contributed by atoms with Crippen molar-refractivity contribution in [2.45, 2.75) is 18.6 Å². The van der Waals surface area contributed by atoms with E-state index >= 15 is 0 Å². The molecule has 20 heavy (non-hydrogen) atoms. The predicted octanol–water partition coefficient (Wildman–Crippen LogP) is 3.49. The standard InChI is InChI=1S/C14H18BrNO3S/c1-18-13-11(15)6-5-10(12(13)14(17)19-2)9-20-16-7-3-4-8-16/h5-6H,3-4,7-9H2,1-2H3. The molecule has 1 saturated heterocycles. The number of methoxy groups -OCH3 is 2. The lowest BCUT2D eigenvalue weighted by Gasteiger charge is -2.17. The Labute approximate surface area is 132 Å². The van der Waals surface area contributed by atoms with Crippen molar-refractivity contribution in [3.05, 3.63) is 27.7 Å². The van der Waals surface area contributed by atoms with Crippen molar-refractivity contribution < 1.29 is 14.3 Å². The minimum absolute atomic E-state index is 0.361. The smallest absolute Gasteiger partial charge is 0.342 e. The van der Waals surface area contributed by atoms with Gasteiger partial charge in [0.05, 0.1) is 18.7 Å². The lowest BCUT2D eigenvalue weighted by Crippen LogP contribution is -2.12. The summed E-state index contributed by atoms with van der Waals surface area (Å²) >= 11 is 5.17. The van der Waals surface area contributed by atoms with Crippen LogP contribution in [-0.4, -0.2) is 37.6 Å². The molecule has 1 heterocycles. The highest BCUT2D eigenvalue weighted by molar-refractivity contribution is 9.10. The van der Waals surface area contributed by atoms with Crippen LogP contribution in [0.5, 0.6) is 5.75 Å². The van der Waals surface area contributed by atoms with Gasteiger partial charge in [-0.05, 0) is 40.4 Å². The Balaban J connectivity index is 2.23. The number of esters is 1. The number of nitrogens with zero attached hydrogens (tertiary/aromatic N) is 1. The van der Waals surface area contributed by atoms with Crippen molar-refractivity contribution in [3.63, 3.8) is 0 Å². The summed E-state index contributed by atoms with van der Waals surface area (Å²) in [4.78, 5) is 12.0. The summed E-state index contributed by atoms with van der Waals surface area (Å²) in [6, 6.07) is 3.85. The molecule has 2 rings (SSSR count). The minimum Gasteiger partial charge on any atom is -0.495 e. The number of halogens is 1. The molecule has 1 aliphatic rings. The number of ether oxygens (including phenoxy) is 2. The van der Waals surface area contributed by atoms with E-state index in [-0.39, 0.29) is 5.97 Å². The quantitative estimate of drug-likeness (QED) is 0.594. The predicted molar refractivity (Wildman–Crippen MR) is 84.1 cm³/mol. The summed E-state index contributed by atoms with van der Waals surface area (Å²) in [5.41, 5.74) is 1.45. The fourth-order valence-electron chi connectivity index (χ4n) is 2.22. The van der Waals surface area contributed by atoms with E-state index in [1.54, 1.807) is 19.1 Å². The van der Waals surface area contributed by atoms with Crippen LogP contribution in [0.2, 0.25) is 0 Å². The zero-order valence-electron chi connectivity index (χ0n) is 11.6. The molecule has 1 aromatic rings. The maximum atomic E-state index is 12.0. The molecule has 110 valence electrons. The highest BCUT2D eigenvalue weighted by atomic mass is 79.9. The van der Waals surface area contributed by atoms with E-state index in [0.717, 1.165) is 28.9 Å². The molecule has 0 N–H and O–H groups in total. The molecule has 0 atom stereocenters. The Morgan fingerprint density at radius 3 is 2.65 bits per heavy atom. The molecule has 0 amide bonds. The molecule has 0 radical (unpaired) electrons. The summed E-state index contributed by atoms with van der Waals surface area (Å²) in [6.07, 6.45) is 2.50. The lowest BCUT2D eigenvalue weighted by molar-refractivity contribution is 0.0596. The van der Waals surface area contributed by atoms with Gasteiger partial charge in [-0.2, -0.15) is 0 Å². The van der Waals surface area contributed by atoms with E-state index in [4.69, 9.17) is 9.47 Å². The Kier molecular flexibility index (Phi) is 5.74. The van der Waals surface area contributed by atoms with E-state index in [9.17, 15) is 4.79 Å². The summed E-state index contributed by atoms with van der Waals surface area (Å²) in [7, 11) is 2.95. The van der Waals surface area contributed by atoms with Crippen molar-refractivity contribution in [2.24, 2.45) is 0 Å². The second-order valence-electron chi connectivity index (χ2n) is 4.52. The van der Waals surface area contributed by atoms with Gasteiger partial charge in [-0.25, -0.2) is 4.79 Å². The van der Waals surface area contributed by atoms with Crippen molar-refractivity contribution in [3.8, 4) is 5.75 Å². The van der Waals surface area contributed by atoms with Gasteiger partial charge in [0.25, 0.3) is 0 Å². The molecule has 1 aliphatic heterocycles. The van der Waals surface area contributed by atoms with Gasteiger partial charge in [0.2, 0.25) is 0 Å². The number of hydrogen-bond donors (Lipinski definition) is 0. The summed E-state index contributed by atoms with van der Waals surface area (Å²) < 4.78 is 13.3. The normalized spacial score (nSPS) is 15.3. The summed E-state index contributed by atoms with van der Waals surface area (Å²) in [6.45, 7) is 2.23. The van der Waals surface area contributed by atoms with Gasteiger partial charge in [-0.3, -0.25) is 4.31 Å². The van der Waals surface area contributed by atoms with Gasteiger partial charge in [-0.15, -0.1) is 0 Å². The van der Waals surface area contributed by atoms with Crippen molar-refractivity contribution in [1.29, 1.82) is 0 Å². The largest absolute Gasteiger partial charge is 0.495 e. The average Bonchev–Trinajstić information content (AvgIpc) is 2.98. The van der Waals surface area contributed by atoms with Crippen LogP contribution in [0, 0.1) is 0 Å². The molecule has 0 spiro atoms. The highest BCUT2D eigenvalue weighted by Crippen LogP contribution is 2.34. The molecule has 0 aliphatic carbocycles. The zero-order chi connectivity index (χ0) is 14.5. The monoisotopic (exact) mass is 359 g/mol. The van der Waals surface area contributed by atoms with Crippen LogP contribution in [0.4, 0.5) is 0 Å². The van der Waals surface area contributed by atoms with E-state index in [1.165, 1.54) is 20.0 Å². The van der Waals surface area contributed by atoms with Crippen LogP contribution in [0.15, 0.2) is 16.6 Å². The molecule has 1 fully saturated rings. The van der Waals surface area contributed by atoms with Crippen LogP contribution in [0.1, 0.15) is 28.8 Å². The zero-order valence-corrected chi connectivity index (χ0v) is 14.1. The van der Waals surface area contributed by atoms with Gasteiger partial charge in [-0.1, -0.05) is 18.0 Å². The van der Waals surface area contributed by atoms with Gasteiger partial charge in [0.1, 0.15) is 11.3 Å². The fraction of sp³-hybridized carbons (Fsp3) is 0.500. The molecule has 6 heteroatoms. The second kappa shape index (κ2) is 7.33. The number of rotatable bonds is 5. The Morgan fingerprint density at radius 1 is 1.35 bits per heavy atom. The van der Waals surface area contributed by atoms with Crippen LogP contribution < -0.4 is 4.74 Å². The molecule has 1 aromatic carbocycles. The molecule has 0 saturated carbocycles. The average molecular weight is 360 g/mol. The first kappa shape index (κ1) is 15.7. The first-order valence-corrected chi connectivity index (χ1v) is 8.22. The molecule has 0 aromatic heterocycles. The fourth-order valence-corrected chi connectivity index (χ4v) is 3.79. The summed E-state index contributed by atoms with van der Waals surface area (Å²) in [5.74, 6) is 0.921. The second-order valence-corrected chi connectivity index (χ2v) is 6.43. The number of benzene rings is 1. The third-order valence-electron chi connectivity index (χ3n) is 3.26. The SMILES string of the molecule is COC(=O)c1c(CSN2CCCC2)ccc(Br)c1OC. The molecule has 4 nitrogen and oxygen atoms in total. The molecular weight excluding hydrogens is 342 g/mol. The maximum Gasteiger partial charge on any atom is 0.342 e. The van der Waals surface area contributed by atoms with Crippen LogP contribution in [-0.2, 0) is 10.5 Å². The Morgan fingerprint density at radius 2 is 2.05 bits per heavy atom. The van der Waals surface area contributed by atoms with Gasteiger partial charge < -0.3 is 9.47 Å². The van der Waals surface area contributed by atoms with Gasteiger partial charge >= 0.3 is 5.97 Å². The Hall–Kier alpha value is -0.720. The van der Waals surface area contributed by atoms with Crippen LogP contribution in [0.25, 0.3) is 0 Å². The topological polar surface area (TPSA) is 38.8 Å². The first-order chi connectivity index (χ1) is 9.67. The third kappa shape index (κ3) is 3.48. The first-order valence-electron chi connectivity index (χ1n) is 6.49. The number of carbonyl (C=O) groups excluding carboxylic acids is 1. The van der Waals surface area contributed by atoms with Gasteiger partial charge in [0.15, 0.2) is 0 Å². The molecular formula is C14H18BrNO3S. The van der Waals surface area contributed by atoms with Crippen molar-refractivity contribution in [2.75, 3.05) is 27.3 Å². The third-order valence-corrected chi connectivity index (χ3v) is 5.05. The number of carbonyl (C=O) groups is 1.